The van der Waals surface area contributed by atoms with E-state index in [4.69, 9.17) is 0 Å². The zero-order valence-corrected chi connectivity index (χ0v) is 11.6. The number of rotatable bonds is 1. The van der Waals surface area contributed by atoms with Crippen molar-refractivity contribution < 1.29 is 0 Å². The molecule has 1 aromatic carbocycles. The van der Waals surface area contributed by atoms with Crippen molar-refractivity contribution in [2.75, 3.05) is 7.05 Å². The number of nitrogens with zero attached hydrogens (tertiary/aromatic N) is 2. The number of para-hydroxylation sites is 1. The van der Waals surface area contributed by atoms with E-state index in [0.717, 1.165) is 12.1 Å². The van der Waals surface area contributed by atoms with Crippen LogP contribution < -0.4 is 0 Å². The quantitative estimate of drug-likeness (QED) is 0.751. The lowest BCUT2D eigenvalue weighted by molar-refractivity contribution is 0.0411. The third kappa shape index (κ3) is 1.81. The molecular formula is C17H22N2. The Hall–Kier alpha value is -1.28. The monoisotopic (exact) mass is 254 g/mol. The summed E-state index contributed by atoms with van der Waals surface area (Å²) in [6.07, 6.45) is 9.16. The fourth-order valence-corrected chi connectivity index (χ4v) is 4.24. The summed E-state index contributed by atoms with van der Waals surface area (Å²) in [4.78, 5) is 2.64. The van der Waals surface area contributed by atoms with Crippen LogP contribution in [0.25, 0.3) is 10.9 Å². The molecule has 2 heteroatoms. The lowest BCUT2D eigenvalue weighted by Gasteiger charge is -2.47. The minimum Gasteiger partial charge on any atom is -0.344 e. The zero-order valence-electron chi connectivity index (χ0n) is 11.6. The summed E-state index contributed by atoms with van der Waals surface area (Å²) in [5.41, 5.74) is 1.41. The van der Waals surface area contributed by atoms with E-state index in [0.29, 0.717) is 6.04 Å². The van der Waals surface area contributed by atoms with Gasteiger partial charge in [-0.2, -0.15) is 0 Å². The largest absolute Gasteiger partial charge is 0.344 e. The SMILES string of the molecule is CN1C2CCCC1CC(n1ccc3ccccc31)C2. The number of fused-ring (bicyclic) bond motifs is 3. The van der Waals surface area contributed by atoms with Crippen molar-refractivity contribution in [1.29, 1.82) is 0 Å². The van der Waals surface area contributed by atoms with Gasteiger partial charge in [0.2, 0.25) is 0 Å². The number of aromatic nitrogens is 1. The van der Waals surface area contributed by atoms with Crippen LogP contribution in [0.5, 0.6) is 0 Å². The average Bonchev–Trinajstić information content (AvgIpc) is 2.82. The molecule has 2 unspecified atom stereocenters. The molecular weight excluding hydrogens is 232 g/mol. The first-order valence-electron chi connectivity index (χ1n) is 7.60. The van der Waals surface area contributed by atoms with Crippen molar-refractivity contribution >= 4 is 10.9 Å². The minimum atomic E-state index is 0.700. The van der Waals surface area contributed by atoms with Crippen molar-refractivity contribution in [2.45, 2.75) is 50.2 Å². The standard InChI is InChI=1S/C17H22N2/c1-18-14-6-4-7-15(18)12-16(11-14)19-10-9-13-5-2-3-8-17(13)19/h2-3,5,8-10,14-16H,4,6-7,11-12H2,1H3. The van der Waals surface area contributed by atoms with Crippen LogP contribution in [0.2, 0.25) is 0 Å². The van der Waals surface area contributed by atoms with Crippen molar-refractivity contribution in [3.63, 3.8) is 0 Å². The fourth-order valence-electron chi connectivity index (χ4n) is 4.24. The van der Waals surface area contributed by atoms with Gasteiger partial charge in [0.25, 0.3) is 0 Å². The average molecular weight is 254 g/mol. The molecule has 2 bridgehead atoms. The Bertz CT molecular complexity index is 572. The Morgan fingerprint density at radius 1 is 0.947 bits per heavy atom. The third-order valence-electron chi connectivity index (χ3n) is 5.34. The fraction of sp³-hybridized carbons (Fsp3) is 0.529. The molecule has 0 saturated carbocycles. The lowest BCUT2D eigenvalue weighted by atomic mass is 9.82. The first kappa shape index (κ1) is 11.5. The molecule has 0 radical (unpaired) electrons. The van der Waals surface area contributed by atoms with Crippen LogP contribution in [0.3, 0.4) is 0 Å². The lowest BCUT2D eigenvalue weighted by Crippen LogP contribution is -2.49. The van der Waals surface area contributed by atoms with E-state index >= 15 is 0 Å². The first-order chi connectivity index (χ1) is 9.33. The molecule has 2 atom stereocenters. The Labute approximate surface area is 115 Å². The number of piperidine rings is 2. The zero-order chi connectivity index (χ0) is 12.8. The highest BCUT2D eigenvalue weighted by Crippen LogP contribution is 2.39. The van der Waals surface area contributed by atoms with Crippen LogP contribution in [0.15, 0.2) is 36.5 Å². The summed E-state index contributed by atoms with van der Waals surface area (Å²) in [6, 6.07) is 13.4. The second kappa shape index (κ2) is 4.38. The second-order valence-corrected chi connectivity index (χ2v) is 6.31. The van der Waals surface area contributed by atoms with Gasteiger partial charge < -0.3 is 9.47 Å². The van der Waals surface area contributed by atoms with E-state index in [9.17, 15) is 0 Å². The minimum absolute atomic E-state index is 0.700. The normalized spacial score (nSPS) is 31.7. The van der Waals surface area contributed by atoms with Gasteiger partial charge in [0.1, 0.15) is 0 Å². The van der Waals surface area contributed by atoms with Gasteiger partial charge in [-0.25, -0.2) is 0 Å². The molecule has 3 heterocycles. The van der Waals surface area contributed by atoms with Gasteiger partial charge in [-0.3, -0.25) is 0 Å². The van der Waals surface area contributed by atoms with Crippen molar-refractivity contribution in [3.05, 3.63) is 36.5 Å². The third-order valence-corrected chi connectivity index (χ3v) is 5.34. The highest BCUT2D eigenvalue weighted by molar-refractivity contribution is 5.80. The summed E-state index contributed by atoms with van der Waals surface area (Å²) < 4.78 is 2.54. The van der Waals surface area contributed by atoms with E-state index in [1.165, 1.54) is 43.0 Å². The van der Waals surface area contributed by atoms with Crippen LogP contribution in [0, 0.1) is 0 Å². The summed E-state index contributed by atoms with van der Waals surface area (Å²) in [6.45, 7) is 0. The van der Waals surface area contributed by atoms with Crippen LogP contribution >= 0.6 is 0 Å². The van der Waals surface area contributed by atoms with Crippen LogP contribution in [-0.2, 0) is 0 Å². The molecule has 0 aliphatic carbocycles. The predicted molar refractivity (Wildman–Crippen MR) is 79.4 cm³/mol. The highest BCUT2D eigenvalue weighted by atomic mass is 15.2. The van der Waals surface area contributed by atoms with Gasteiger partial charge in [-0.1, -0.05) is 24.6 Å². The molecule has 4 rings (SSSR count). The molecule has 0 amide bonds. The Balaban J connectivity index is 1.69. The maximum absolute atomic E-state index is 2.64. The van der Waals surface area contributed by atoms with Crippen molar-refractivity contribution in [2.24, 2.45) is 0 Å². The smallest absolute Gasteiger partial charge is 0.0482 e. The maximum atomic E-state index is 2.64. The summed E-state index contributed by atoms with van der Waals surface area (Å²) in [5.74, 6) is 0. The van der Waals surface area contributed by atoms with Gasteiger partial charge >= 0.3 is 0 Å². The van der Waals surface area contributed by atoms with Gasteiger partial charge in [0.05, 0.1) is 0 Å². The maximum Gasteiger partial charge on any atom is 0.0482 e. The van der Waals surface area contributed by atoms with E-state index in [2.05, 4.69) is 53.0 Å². The van der Waals surface area contributed by atoms with E-state index in [1.54, 1.807) is 0 Å². The molecule has 100 valence electrons. The van der Waals surface area contributed by atoms with E-state index < -0.39 is 0 Å². The highest BCUT2D eigenvalue weighted by Gasteiger charge is 2.36. The Morgan fingerprint density at radius 3 is 2.47 bits per heavy atom. The second-order valence-electron chi connectivity index (χ2n) is 6.31. The van der Waals surface area contributed by atoms with Crippen molar-refractivity contribution in [3.8, 4) is 0 Å². The van der Waals surface area contributed by atoms with Crippen LogP contribution in [0.1, 0.15) is 38.1 Å². The van der Waals surface area contributed by atoms with E-state index in [1.807, 2.05) is 0 Å². The summed E-state index contributed by atoms with van der Waals surface area (Å²) in [5, 5.41) is 1.38. The van der Waals surface area contributed by atoms with Crippen LogP contribution in [-0.4, -0.2) is 28.6 Å². The molecule has 19 heavy (non-hydrogen) atoms. The van der Waals surface area contributed by atoms with Gasteiger partial charge in [0, 0.05) is 29.8 Å². The molecule has 2 nitrogen and oxygen atoms in total. The Morgan fingerprint density at radius 2 is 1.68 bits per heavy atom. The van der Waals surface area contributed by atoms with Crippen molar-refractivity contribution in [1.82, 2.24) is 9.47 Å². The van der Waals surface area contributed by atoms with Gasteiger partial charge in [0.15, 0.2) is 0 Å². The van der Waals surface area contributed by atoms with Crippen LogP contribution in [0.4, 0.5) is 0 Å². The molecule has 2 saturated heterocycles. The first-order valence-corrected chi connectivity index (χ1v) is 7.60. The number of hydrogen-bond acceptors (Lipinski definition) is 1. The van der Waals surface area contributed by atoms with Gasteiger partial charge in [-0.15, -0.1) is 0 Å². The molecule has 2 aromatic rings. The molecule has 2 aliphatic rings. The molecule has 0 N–H and O–H groups in total. The predicted octanol–water partition coefficient (Wildman–Crippen LogP) is 3.83. The number of benzene rings is 1. The molecule has 2 aliphatic heterocycles. The Kier molecular flexibility index (Phi) is 2.66. The summed E-state index contributed by atoms with van der Waals surface area (Å²) >= 11 is 0. The van der Waals surface area contributed by atoms with E-state index in [-0.39, 0.29) is 0 Å². The number of hydrogen-bond donors (Lipinski definition) is 0. The topological polar surface area (TPSA) is 8.17 Å². The molecule has 0 spiro atoms. The molecule has 1 aromatic heterocycles. The summed E-state index contributed by atoms with van der Waals surface area (Å²) in [7, 11) is 2.33. The molecule has 2 fully saturated rings. The van der Waals surface area contributed by atoms with Gasteiger partial charge in [-0.05, 0) is 50.2 Å².